The van der Waals surface area contributed by atoms with Crippen molar-refractivity contribution < 1.29 is 28.1 Å². The van der Waals surface area contributed by atoms with Crippen LogP contribution in [0.4, 0.5) is 14.6 Å². The van der Waals surface area contributed by atoms with E-state index in [1.807, 2.05) is 24.3 Å². The quantitative estimate of drug-likeness (QED) is 0.208. The number of piperidine rings is 1. The number of hydrogen-bond donors (Lipinski definition) is 1. The zero-order valence-electron chi connectivity index (χ0n) is 26.3. The number of methoxy groups -OCH3 is 1. The molecule has 8 rings (SSSR count). The number of terminal acetylenes is 1. The summed E-state index contributed by atoms with van der Waals surface area (Å²) in [4.78, 5) is 18.4. The Morgan fingerprint density at radius 3 is 2.74 bits per heavy atom. The maximum atomic E-state index is 17.0. The average Bonchev–Trinajstić information content (AvgIpc) is 3.66. The third-order valence-electron chi connectivity index (χ3n) is 10.7. The summed E-state index contributed by atoms with van der Waals surface area (Å²) in [6, 6.07) is 9.13. The first-order chi connectivity index (χ1) is 22.9. The van der Waals surface area contributed by atoms with Gasteiger partial charge < -0.3 is 24.2 Å². The van der Waals surface area contributed by atoms with Gasteiger partial charge in [0.25, 0.3) is 0 Å². The van der Waals surface area contributed by atoms with Gasteiger partial charge in [0.2, 0.25) is 0 Å². The minimum absolute atomic E-state index is 0.0132. The van der Waals surface area contributed by atoms with E-state index < -0.39 is 17.5 Å². The van der Waals surface area contributed by atoms with Gasteiger partial charge in [0.1, 0.15) is 35.6 Å². The molecule has 5 heterocycles. The standard InChI is InChI=1S/C36H37F2N5O4/c1-3-21-6-4-7-22-12-26(47-20-45-2)13-27(29(21)22)31-30(38)32-28(15-39-31)34(42-16-23-8-9-24(17-42)33(23)44)41-35(40-32)46-19-36-10-5-11-43(36)18-25(37)14-36/h1,4,6-7,12-13,15,23-25,33,44H,5,8-11,14,16-20H2,2H3/t23-,24+,25-,33?,36+/m1/s1. The molecule has 3 saturated heterocycles. The molecule has 1 aliphatic carbocycles. The molecule has 1 unspecified atom stereocenters. The number of aliphatic hydroxyl groups excluding tert-OH is 1. The molecule has 2 aromatic heterocycles. The highest BCUT2D eigenvalue weighted by Gasteiger charge is 2.49. The van der Waals surface area contributed by atoms with Crippen LogP contribution in [0.15, 0.2) is 36.5 Å². The first-order valence-electron chi connectivity index (χ1n) is 16.3. The molecule has 1 saturated carbocycles. The van der Waals surface area contributed by atoms with Crippen molar-refractivity contribution in [2.75, 3.05) is 51.6 Å². The van der Waals surface area contributed by atoms with Gasteiger partial charge in [0.05, 0.1) is 17.0 Å². The van der Waals surface area contributed by atoms with Crippen molar-refractivity contribution in [1.29, 1.82) is 0 Å². The average molecular weight is 642 g/mol. The van der Waals surface area contributed by atoms with Crippen molar-refractivity contribution in [3.63, 3.8) is 0 Å². The topological polar surface area (TPSA) is 93.1 Å². The molecule has 4 aromatic rings. The highest BCUT2D eigenvalue weighted by molar-refractivity contribution is 6.02. The largest absolute Gasteiger partial charge is 0.468 e. The lowest BCUT2D eigenvalue weighted by atomic mass is 9.94. The monoisotopic (exact) mass is 641 g/mol. The van der Waals surface area contributed by atoms with Crippen molar-refractivity contribution >= 4 is 27.5 Å². The summed E-state index contributed by atoms with van der Waals surface area (Å²) >= 11 is 0. The molecule has 2 aromatic carbocycles. The Balaban J connectivity index is 1.26. The smallest absolute Gasteiger partial charge is 0.319 e. The second-order valence-corrected chi connectivity index (χ2v) is 13.4. The fraction of sp³-hybridized carbons (Fsp3) is 0.472. The number of ether oxygens (including phenoxy) is 3. The van der Waals surface area contributed by atoms with Crippen molar-refractivity contribution in [1.82, 2.24) is 19.9 Å². The van der Waals surface area contributed by atoms with E-state index in [2.05, 4.69) is 25.7 Å². The second-order valence-electron chi connectivity index (χ2n) is 13.4. The zero-order chi connectivity index (χ0) is 32.3. The maximum absolute atomic E-state index is 17.0. The lowest BCUT2D eigenvalue weighted by Gasteiger charge is -2.36. The molecule has 47 heavy (non-hydrogen) atoms. The second kappa shape index (κ2) is 11.8. The number of rotatable bonds is 8. The molecule has 244 valence electrons. The Bertz CT molecular complexity index is 1890. The molecule has 2 bridgehead atoms. The summed E-state index contributed by atoms with van der Waals surface area (Å²) < 4.78 is 48.7. The lowest BCUT2D eigenvalue weighted by Crippen LogP contribution is -2.45. The third kappa shape index (κ3) is 5.14. The van der Waals surface area contributed by atoms with Crippen LogP contribution < -0.4 is 14.4 Å². The van der Waals surface area contributed by atoms with E-state index in [-0.39, 0.29) is 48.6 Å². The predicted octanol–water partition coefficient (Wildman–Crippen LogP) is 5.11. The molecule has 1 N–H and O–H groups in total. The van der Waals surface area contributed by atoms with Gasteiger partial charge in [-0.05, 0) is 55.8 Å². The minimum atomic E-state index is -0.903. The summed E-state index contributed by atoms with van der Waals surface area (Å²) in [5.41, 5.74) is 0.771. The van der Waals surface area contributed by atoms with Crippen molar-refractivity contribution in [3.05, 3.63) is 47.9 Å². The maximum Gasteiger partial charge on any atom is 0.319 e. The number of fused-ring (bicyclic) bond motifs is 5. The third-order valence-corrected chi connectivity index (χ3v) is 10.7. The van der Waals surface area contributed by atoms with E-state index in [0.717, 1.165) is 37.6 Å². The van der Waals surface area contributed by atoms with Gasteiger partial charge in [-0.1, -0.05) is 18.1 Å². The Kier molecular flexibility index (Phi) is 7.62. The van der Waals surface area contributed by atoms with Gasteiger partial charge in [0.15, 0.2) is 12.6 Å². The van der Waals surface area contributed by atoms with Crippen molar-refractivity contribution in [2.24, 2.45) is 11.8 Å². The van der Waals surface area contributed by atoms with Gasteiger partial charge in [-0.2, -0.15) is 9.97 Å². The summed E-state index contributed by atoms with van der Waals surface area (Å²) in [6.07, 6.45) is 10.3. The molecule has 0 amide bonds. The van der Waals surface area contributed by atoms with Crippen LogP contribution >= 0.6 is 0 Å². The summed E-state index contributed by atoms with van der Waals surface area (Å²) in [6.45, 7) is 2.63. The number of alkyl halides is 1. The number of hydrogen-bond acceptors (Lipinski definition) is 9. The molecule has 4 aliphatic rings. The van der Waals surface area contributed by atoms with Gasteiger partial charge in [-0.3, -0.25) is 9.88 Å². The fourth-order valence-corrected chi connectivity index (χ4v) is 8.45. The Morgan fingerprint density at radius 1 is 1.13 bits per heavy atom. The van der Waals surface area contributed by atoms with Crippen LogP contribution in [-0.4, -0.2) is 89.5 Å². The molecule has 3 aliphatic heterocycles. The first kappa shape index (κ1) is 30.2. The molecular weight excluding hydrogens is 604 g/mol. The Morgan fingerprint density at radius 2 is 1.96 bits per heavy atom. The number of aliphatic hydroxyl groups is 1. The van der Waals surface area contributed by atoms with Crippen LogP contribution in [-0.2, 0) is 4.74 Å². The normalized spacial score (nSPS) is 27.0. The van der Waals surface area contributed by atoms with Gasteiger partial charge >= 0.3 is 6.01 Å². The van der Waals surface area contributed by atoms with Gasteiger partial charge in [-0.15, -0.1) is 6.42 Å². The van der Waals surface area contributed by atoms with Crippen molar-refractivity contribution in [3.8, 4) is 35.4 Å². The van der Waals surface area contributed by atoms with Gasteiger partial charge in [-0.25, -0.2) is 8.78 Å². The lowest BCUT2D eigenvalue weighted by molar-refractivity contribution is 0.0512. The SMILES string of the molecule is C#Cc1cccc2cc(OCOC)cc(-c3ncc4c(N5C[C@H]6CC[C@@H](C5)C6O)nc(OC[C@@]56CCCN5C[C@H](F)C6)nc4c3F)c12. The molecule has 11 heteroatoms. The molecule has 4 fully saturated rings. The van der Waals surface area contributed by atoms with E-state index in [1.54, 1.807) is 12.3 Å². The highest BCUT2D eigenvalue weighted by atomic mass is 19.1. The number of aromatic nitrogens is 3. The van der Waals surface area contributed by atoms with E-state index in [0.29, 0.717) is 59.5 Å². The summed E-state index contributed by atoms with van der Waals surface area (Å²) in [5.74, 6) is 3.29. The van der Waals surface area contributed by atoms with Crippen LogP contribution in [0.1, 0.15) is 37.7 Å². The number of pyridine rings is 1. The fourth-order valence-electron chi connectivity index (χ4n) is 8.45. The number of benzene rings is 2. The van der Waals surface area contributed by atoms with Crippen molar-refractivity contribution in [2.45, 2.75) is 49.9 Å². The molecule has 5 atom stereocenters. The van der Waals surface area contributed by atoms with E-state index in [9.17, 15) is 9.50 Å². The Hall–Kier alpha value is -4.11. The summed E-state index contributed by atoms with van der Waals surface area (Å²) in [7, 11) is 1.53. The molecular formula is C36H37F2N5O4. The predicted molar refractivity (Wildman–Crippen MR) is 174 cm³/mol. The van der Waals surface area contributed by atoms with E-state index in [4.69, 9.17) is 25.6 Å². The highest BCUT2D eigenvalue weighted by Crippen LogP contribution is 2.43. The number of anilines is 1. The molecule has 0 radical (unpaired) electrons. The number of nitrogens with zero attached hydrogens (tertiary/aromatic N) is 5. The van der Waals surface area contributed by atoms with E-state index >= 15 is 4.39 Å². The zero-order valence-corrected chi connectivity index (χ0v) is 26.3. The first-order valence-corrected chi connectivity index (χ1v) is 16.3. The minimum Gasteiger partial charge on any atom is -0.468 e. The summed E-state index contributed by atoms with van der Waals surface area (Å²) in [5, 5.41) is 12.6. The molecule has 9 nitrogen and oxygen atoms in total. The van der Waals surface area contributed by atoms with Gasteiger partial charge in [0, 0.05) is 67.7 Å². The van der Waals surface area contributed by atoms with Crippen LogP contribution in [0.3, 0.4) is 0 Å². The van der Waals surface area contributed by atoms with Crippen LogP contribution in [0.25, 0.3) is 32.9 Å². The van der Waals surface area contributed by atoms with E-state index in [1.165, 1.54) is 7.11 Å². The van der Waals surface area contributed by atoms with Crippen LogP contribution in [0, 0.1) is 30.0 Å². The Labute approximate surface area is 271 Å². The number of halogens is 2. The van der Waals surface area contributed by atoms with Crippen LogP contribution in [0.2, 0.25) is 0 Å². The molecule has 0 spiro atoms. The van der Waals surface area contributed by atoms with Crippen LogP contribution in [0.5, 0.6) is 11.8 Å².